The van der Waals surface area contributed by atoms with E-state index in [1.807, 2.05) is 51.1 Å². The van der Waals surface area contributed by atoms with Crippen molar-refractivity contribution in [1.82, 2.24) is 15.0 Å². The normalized spacial score (nSPS) is 11.4. The summed E-state index contributed by atoms with van der Waals surface area (Å²) < 4.78 is 5.22. The molecule has 1 amide bonds. The summed E-state index contributed by atoms with van der Waals surface area (Å²) in [5.74, 6) is -0.0481. The van der Waals surface area contributed by atoms with Gasteiger partial charge < -0.3 is 14.5 Å². The van der Waals surface area contributed by atoms with Crippen molar-refractivity contribution in [1.29, 1.82) is 0 Å². The lowest BCUT2D eigenvalue weighted by Gasteiger charge is -2.20. The quantitative estimate of drug-likeness (QED) is 0.726. The molecule has 0 aliphatic heterocycles. The van der Waals surface area contributed by atoms with E-state index in [0.29, 0.717) is 37.5 Å². The Bertz CT molecular complexity index is 750. The zero-order chi connectivity index (χ0) is 19.9. The molecule has 0 fully saturated rings. The summed E-state index contributed by atoms with van der Waals surface area (Å²) in [4.78, 5) is 29.3. The molecule has 0 atom stereocenters. The molecule has 0 spiro atoms. The number of aliphatic carboxylic acids is 1. The zero-order valence-corrected chi connectivity index (χ0v) is 16.1. The van der Waals surface area contributed by atoms with Gasteiger partial charge >= 0.3 is 5.97 Å². The van der Waals surface area contributed by atoms with E-state index in [0.717, 1.165) is 5.56 Å². The van der Waals surface area contributed by atoms with Crippen molar-refractivity contribution in [3.05, 3.63) is 47.6 Å². The predicted octanol–water partition coefficient (Wildman–Crippen LogP) is 2.85. The summed E-state index contributed by atoms with van der Waals surface area (Å²) in [6.45, 7) is 6.09. The number of benzene rings is 1. The Balaban J connectivity index is 1.85. The Hall–Kier alpha value is -2.70. The number of hydrogen-bond donors (Lipinski definition) is 1. The minimum absolute atomic E-state index is 0.177. The van der Waals surface area contributed by atoms with Gasteiger partial charge in [-0.1, -0.05) is 56.3 Å². The predicted molar refractivity (Wildman–Crippen MR) is 100 cm³/mol. The number of carbonyl (C=O) groups excluding carboxylic acids is 1. The lowest BCUT2D eigenvalue weighted by molar-refractivity contribution is -0.144. The van der Waals surface area contributed by atoms with Crippen LogP contribution < -0.4 is 0 Å². The smallest absolute Gasteiger partial charge is 0.323 e. The minimum Gasteiger partial charge on any atom is -0.480 e. The Morgan fingerprint density at radius 2 is 1.85 bits per heavy atom. The fourth-order valence-corrected chi connectivity index (χ4v) is 2.57. The van der Waals surface area contributed by atoms with Crippen LogP contribution in [0.5, 0.6) is 0 Å². The maximum absolute atomic E-state index is 12.5. The SMILES string of the molecule is CC(C)(C)c1noc(CCCC(=O)N(CCc2ccccc2)CC(=O)O)n1. The van der Waals surface area contributed by atoms with Crippen LogP contribution in [0.25, 0.3) is 0 Å². The monoisotopic (exact) mass is 373 g/mol. The average Bonchev–Trinajstić information content (AvgIpc) is 3.08. The molecule has 2 rings (SSSR count). The number of aromatic nitrogens is 2. The second-order valence-electron chi connectivity index (χ2n) is 7.56. The number of rotatable bonds is 9. The van der Waals surface area contributed by atoms with Crippen LogP contribution in [0.1, 0.15) is 50.9 Å². The molecule has 7 heteroatoms. The van der Waals surface area contributed by atoms with E-state index < -0.39 is 5.97 Å². The first-order chi connectivity index (χ1) is 12.8. The summed E-state index contributed by atoms with van der Waals surface area (Å²) in [6, 6.07) is 9.70. The zero-order valence-electron chi connectivity index (χ0n) is 16.1. The van der Waals surface area contributed by atoms with Gasteiger partial charge in [0.1, 0.15) is 6.54 Å². The first-order valence-corrected chi connectivity index (χ1v) is 9.12. The number of carboxylic acid groups (broad SMARTS) is 1. The third kappa shape index (κ3) is 6.84. The number of carboxylic acids is 1. The molecule has 1 aromatic heterocycles. The van der Waals surface area contributed by atoms with E-state index in [9.17, 15) is 9.59 Å². The van der Waals surface area contributed by atoms with Crippen molar-refractivity contribution in [2.75, 3.05) is 13.1 Å². The molecule has 0 saturated heterocycles. The Kier molecular flexibility index (Phi) is 7.10. The molecular formula is C20H27N3O4. The van der Waals surface area contributed by atoms with Crippen LogP contribution in [-0.2, 0) is 27.8 Å². The van der Waals surface area contributed by atoms with Crippen LogP contribution in [0.15, 0.2) is 34.9 Å². The lowest BCUT2D eigenvalue weighted by atomic mass is 9.96. The van der Waals surface area contributed by atoms with Gasteiger partial charge in [-0.3, -0.25) is 9.59 Å². The molecule has 0 aliphatic rings. The van der Waals surface area contributed by atoms with Crippen LogP contribution in [0, 0.1) is 0 Å². The largest absolute Gasteiger partial charge is 0.480 e. The molecule has 0 unspecified atom stereocenters. The fourth-order valence-electron chi connectivity index (χ4n) is 2.57. The van der Waals surface area contributed by atoms with Crippen molar-refractivity contribution in [2.45, 2.75) is 51.9 Å². The van der Waals surface area contributed by atoms with E-state index in [-0.39, 0.29) is 24.3 Å². The lowest BCUT2D eigenvalue weighted by Crippen LogP contribution is -2.37. The average molecular weight is 373 g/mol. The van der Waals surface area contributed by atoms with Crippen LogP contribution >= 0.6 is 0 Å². The Morgan fingerprint density at radius 1 is 1.15 bits per heavy atom. The van der Waals surface area contributed by atoms with Crippen LogP contribution in [0.3, 0.4) is 0 Å². The van der Waals surface area contributed by atoms with E-state index in [1.54, 1.807) is 0 Å². The Morgan fingerprint density at radius 3 is 2.44 bits per heavy atom. The van der Waals surface area contributed by atoms with Crippen molar-refractivity contribution in [3.63, 3.8) is 0 Å². The number of nitrogens with zero attached hydrogens (tertiary/aromatic N) is 3. The molecule has 1 N–H and O–H groups in total. The highest BCUT2D eigenvalue weighted by Gasteiger charge is 2.21. The molecule has 146 valence electrons. The molecule has 1 aromatic carbocycles. The molecule has 0 aliphatic carbocycles. The van der Waals surface area contributed by atoms with Crippen LogP contribution in [0.2, 0.25) is 0 Å². The van der Waals surface area contributed by atoms with Gasteiger partial charge in [0.2, 0.25) is 11.8 Å². The standard InChI is InChI=1S/C20H27N3O4/c1-20(2,3)19-21-16(27-22-19)10-7-11-17(24)23(14-18(25)26)13-12-15-8-5-4-6-9-15/h4-6,8-9H,7,10-14H2,1-3H3,(H,25,26). The van der Waals surface area contributed by atoms with Gasteiger partial charge in [-0.15, -0.1) is 0 Å². The maximum Gasteiger partial charge on any atom is 0.323 e. The third-order valence-electron chi connectivity index (χ3n) is 4.11. The van der Waals surface area contributed by atoms with Crippen molar-refractivity contribution >= 4 is 11.9 Å². The second kappa shape index (κ2) is 9.30. The summed E-state index contributed by atoms with van der Waals surface area (Å²) in [7, 11) is 0. The number of aryl methyl sites for hydroxylation is 1. The first-order valence-electron chi connectivity index (χ1n) is 9.12. The number of amides is 1. The van der Waals surface area contributed by atoms with E-state index in [4.69, 9.17) is 9.63 Å². The van der Waals surface area contributed by atoms with E-state index in [1.165, 1.54) is 4.90 Å². The highest BCUT2D eigenvalue weighted by molar-refractivity contribution is 5.81. The van der Waals surface area contributed by atoms with Crippen LogP contribution in [0.4, 0.5) is 0 Å². The molecule has 0 radical (unpaired) electrons. The fraction of sp³-hybridized carbons (Fsp3) is 0.500. The van der Waals surface area contributed by atoms with Crippen molar-refractivity contribution in [3.8, 4) is 0 Å². The molecule has 7 nitrogen and oxygen atoms in total. The highest BCUT2D eigenvalue weighted by Crippen LogP contribution is 2.19. The van der Waals surface area contributed by atoms with Gasteiger partial charge in [-0.2, -0.15) is 4.98 Å². The van der Waals surface area contributed by atoms with Crippen molar-refractivity contribution in [2.24, 2.45) is 0 Å². The third-order valence-corrected chi connectivity index (χ3v) is 4.11. The summed E-state index contributed by atoms with van der Waals surface area (Å²) in [6.07, 6.45) is 1.90. The van der Waals surface area contributed by atoms with Gasteiger partial charge in [0.05, 0.1) is 0 Å². The Labute approximate surface area is 159 Å². The summed E-state index contributed by atoms with van der Waals surface area (Å²) in [5.41, 5.74) is 0.883. The summed E-state index contributed by atoms with van der Waals surface area (Å²) in [5, 5.41) is 13.0. The van der Waals surface area contributed by atoms with E-state index in [2.05, 4.69) is 10.1 Å². The number of hydrogen-bond acceptors (Lipinski definition) is 5. The molecule has 27 heavy (non-hydrogen) atoms. The molecule has 0 saturated carbocycles. The molecular weight excluding hydrogens is 346 g/mol. The van der Waals surface area contributed by atoms with E-state index >= 15 is 0 Å². The molecule has 1 heterocycles. The van der Waals surface area contributed by atoms with Gasteiger partial charge in [0, 0.05) is 24.8 Å². The topological polar surface area (TPSA) is 96.5 Å². The number of carbonyl (C=O) groups is 2. The van der Waals surface area contributed by atoms with Crippen LogP contribution in [-0.4, -0.2) is 45.1 Å². The van der Waals surface area contributed by atoms with Crippen molar-refractivity contribution < 1.29 is 19.2 Å². The highest BCUT2D eigenvalue weighted by atomic mass is 16.5. The van der Waals surface area contributed by atoms with Gasteiger partial charge in [0.25, 0.3) is 0 Å². The second-order valence-corrected chi connectivity index (χ2v) is 7.56. The first kappa shape index (κ1) is 20.6. The van der Waals surface area contributed by atoms with Gasteiger partial charge in [-0.25, -0.2) is 0 Å². The summed E-state index contributed by atoms with van der Waals surface area (Å²) >= 11 is 0. The van der Waals surface area contributed by atoms with Gasteiger partial charge in [-0.05, 0) is 18.4 Å². The molecule has 2 aromatic rings. The minimum atomic E-state index is -1.01. The maximum atomic E-state index is 12.5. The van der Waals surface area contributed by atoms with Gasteiger partial charge in [0.15, 0.2) is 5.82 Å². The molecule has 0 bridgehead atoms.